The number of nitrogens with one attached hydrogen (secondary N) is 1. The zero-order valence-electron chi connectivity index (χ0n) is 14.7. The number of hydrogen-bond acceptors (Lipinski definition) is 3. The van der Waals surface area contributed by atoms with Gasteiger partial charge in [-0.15, -0.1) is 0 Å². The second-order valence-corrected chi connectivity index (χ2v) is 6.88. The number of aryl methyl sites for hydroxylation is 1. The summed E-state index contributed by atoms with van der Waals surface area (Å²) in [5.41, 5.74) is 4.89. The van der Waals surface area contributed by atoms with Gasteiger partial charge in [0.2, 0.25) is 5.91 Å². The van der Waals surface area contributed by atoms with Gasteiger partial charge in [-0.2, -0.15) is 0 Å². The molecule has 2 aromatic rings. The van der Waals surface area contributed by atoms with Gasteiger partial charge < -0.3 is 10.4 Å². The Morgan fingerprint density at radius 3 is 2.80 bits per heavy atom. The molecule has 1 amide bonds. The summed E-state index contributed by atoms with van der Waals surface area (Å²) < 4.78 is 0. The van der Waals surface area contributed by atoms with E-state index in [0.29, 0.717) is 19.5 Å². The van der Waals surface area contributed by atoms with E-state index in [2.05, 4.69) is 34.5 Å². The van der Waals surface area contributed by atoms with Gasteiger partial charge in [0.15, 0.2) is 0 Å². The molecule has 0 saturated heterocycles. The molecule has 0 saturated carbocycles. The first-order valence-corrected chi connectivity index (χ1v) is 8.89. The van der Waals surface area contributed by atoms with Gasteiger partial charge in [-0.3, -0.25) is 9.69 Å². The predicted molar refractivity (Wildman–Crippen MR) is 99.3 cm³/mol. The van der Waals surface area contributed by atoms with Crippen LogP contribution in [0.4, 0.5) is 0 Å². The Balaban J connectivity index is 1.42. The van der Waals surface area contributed by atoms with Crippen molar-refractivity contribution in [2.75, 3.05) is 19.6 Å². The number of amides is 1. The van der Waals surface area contributed by atoms with Gasteiger partial charge in [0.05, 0.1) is 12.5 Å². The van der Waals surface area contributed by atoms with Crippen LogP contribution >= 0.6 is 0 Å². The molecular weight excluding hydrogens is 312 g/mol. The summed E-state index contributed by atoms with van der Waals surface area (Å²) >= 11 is 0. The zero-order chi connectivity index (χ0) is 17.6. The summed E-state index contributed by atoms with van der Waals surface area (Å²) in [6, 6.07) is 16.4. The topological polar surface area (TPSA) is 52.6 Å². The molecule has 0 radical (unpaired) electrons. The van der Waals surface area contributed by atoms with Crippen molar-refractivity contribution in [2.45, 2.75) is 32.4 Å². The second kappa shape index (κ2) is 8.28. The zero-order valence-corrected chi connectivity index (χ0v) is 14.7. The average molecular weight is 338 g/mol. The molecule has 1 aliphatic heterocycles. The molecule has 2 aromatic carbocycles. The Morgan fingerprint density at radius 2 is 2.00 bits per heavy atom. The molecule has 0 aliphatic carbocycles. The van der Waals surface area contributed by atoms with Crippen LogP contribution in [-0.2, 0) is 24.2 Å². The number of β-amino-alcohol motifs (C(OH)–C–C–N with tert-alkyl or cyclic N) is 1. The third-order valence-electron chi connectivity index (χ3n) is 4.66. The summed E-state index contributed by atoms with van der Waals surface area (Å²) in [6.07, 6.45) is 0.820. The Morgan fingerprint density at radius 1 is 1.20 bits per heavy atom. The highest BCUT2D eigenvalue weighted by atomic mass is 16.3. The Hall–Kier alpha value is -2.17. The van der Waals surface area contributed by atoms with Gasteiger partial charge in [0.25, 0.3) is 0 Å². The molecule has 0 aromatic heterocycles. The van der Waals surface area contributed by atoms with Crippen LogP contribution < -0.4 is 5.32 Å². The van der Waals surface area contributed by atoms with Gasteiger partial charge in [-0.1, -0.05) is 54.1 Å². The lowest BCUT2D eigenvalue weighted by atomic mass is 10.00. The highest BCUT2D eigenvalue weighted by Crippen LogP contribution is 2.18. The highest BCUT2D eigenvalue weighted by molar-refractivity contribution is 5.78. The average Bonchev–Trinajstić information content (AvgIpc) is 2.60. The van der Waals surface area contributed by atoms with Crippen LogP contribution in [0, 0.1) is 6.92 Å². The fraction of sp³-hybridized carbons (Fsp3) is 0.381. The summed E-state index contributed by atoms with van der Waals surface area (Å²) in [6.45, 7) is 4.71. The number of carbonyl (C=O) groups is 1. The Kier molecular flexibility index (Phi) is 5.84. The molecule has 1 heterocycles. The van der Waals surface area contributed by atoms with E-state index in [9.17, 15) is 9.90 Å². The summed E-state index contributed by atoms with van der Waals surface area (Å²) in [7, 11) is 0. The van der Waals surface area contributed by atoms with E-state index in [1.807, 2.05) is 31.2 Å². The molecule has 0 fully saturated rings. The first-order chi connectivity index (χ1) is 12.1. The number of benzene rings is 2. The first-order valence-electron chi connectivity index (χ1n) is 8.89. The van der Waals surface area contributed by atoms with E-state index in [4.69, 9.17) is 0 Å². The minimum absolute atomic E-state index is 0.0476. The third kappa shape index (κ3) is 5.15. The number of rotatable bonds is 6. The largest absolute Gasteiger partial charge is 0.390 e. The lowest BCUT2D eigenvalue weighted by Gasteiger charge is -2.30. The smallest absolute Gasteiger partial charge is 0.224 e. The van der Waals surface area contributed by atoms with Gasteiger partial charge >= 0.3 is 0 Å². The fourth-order valence-corrected chi connectivity index (χ4v) is 3.37. The van der Waals surface area contributed by atoms with Gasteiger partial charge in [-0.05, 0) is 30.0 Å². The molecule has 0 spiro atoms. The quantitative estimate of drug-likeness (QED) is 0.848. The maximum absolute atomic E-state index is 12.0. The Bertz CT molecular complexity index is 729. The number of nitrogens with zero attached hydrogens (tertiary/aromatic N) is 1. The molecule has 1 atom stereocenters. The van der Waals surface area contributed by atoms with Gasteiger partial charge in [-0.25, -0.2) is 0 Å². The minimum Gasteiger partial charge on any atom is -0.390 e. The number of aliphatic hydroxyl groups is 1. The molecule has 3 rings (SSSR count). The van der Waals surface area contributed by atoms with Crippen LogP contribution in [0.15, 0.2) is 48.5 Å². The molecule has 1 aliphatic rings. The molecule has 132 valence electrons. The SMILES string of the molecule is Cc1cccc(CC(=O)NCC(O)CN2CCc3ccccc3C2)c1. The van der Waals surface area contributed by atoms with Crippen molar-refractivity contribution in [3.63, 3.8) is 0 Å². The predicted octanol–water partition coefficient (Wildman–Crippen LogP) is 2.07. The molecule has 4 heteroatoms. The van der Waals surface area contributed by atoms with Crippen LogP contribution in [0.3, 0.4) is 0 Å². The number of aliphatic hydroxyl groups excluding tert-OH is 1. The van der Waals surface area contributed by atoms with Crippen molar-refractivity contribution in [2.24, 2.45) is 0 Å². The third-order valence-corrected chi connectivity index (χ3v) is 4.66. The van der Waals surface area contributed by atoms with E-state index < -0.39 is 6.10 Å². The van der Waals surface area contributed by atoms with Crippen LogP contribution in [0.25, 0.3) is 0 Å². The number of carbonyl (C=O) groups excluding carboxylic acids is 1. The maximum atomic E-state index is 12.0. The molecule has 0 bridgehead atoms. The van der Waals surface area contributed by atoms with Gasteiger partial charge in [0.1, 0.15) is 0 Å². The number of hydrogen-bond donors (Lipinski definition) is 2. The minimum atomic E-state index is -0.549. The molecule has 25 heavy (non-hydrogen) atoms. The van der Waals surface area contributed by atoms with Crippen LogP contribution in [0.2, 0.25) is 0 Å². The fourth-order valence-electron chi connectivity index (χ4n) is 3.37. The lowest BCUT2D eigenvalue weighted by Crippen LogP contribution is -2.42. The van der Waals surface area contributed by atoms with Crippen molar-refractivity contribution in [3.05, 3.63) is 70.8 Å². The van der Waals surface area contributed by atoms with Crippen molar-refractivity contribution in [3.8, 4) is 0 Å². The Labute approximate surface area is 149 Å². The molecule has 4 nitrogen and oxygen atoms in total. The highest BCUT2D eigenvalue weighted by Gasteiger charge is 2.18. The van der Waals surface area contributed by atoms with Crippen molar-refractivity contribution < 1.29 is 9.90 Å². The van der Waals surface area contributed by atoms with Crippen LogP contribution in [-0.4, -0.2) is 41.7 Å². The van der Waals surface area contributed by atoms with Crippen LogP contribution in [0.5, 0.6) is 0 Å². The van der Waals surface area contributed by atoms with Crippen molar-refractivity contribution >= 4 is 5.91 Å². The second-order valence-electron chi connectivity index (χ2n) is 6.88. The van der Waals surface area contributed by atoms with E-state index in [-0.39, 0.29) is 5.91 Å². The molecule has 2 N–H and O–H groups in total. The van der Waals surface area contributed by atoms with Crippen LogP contribution in [0.1, 0.15) is 22.3 Å². The summed E-state index contributed by atoms with van der Waals surface area (Å²) in [5.74, 6) is -0.0476. The monoisotopic (exact) mass is 338 g/mol. The van der Waals surface area contributed by atoms with E-state index in [0.717, 1.165) is 30.6 Å². The molecular formula is C21H26N2O2. The summed E-state index contributed by atoms with van der Waals surface area (Å²) in [5, 5.41) is 13.1. The first kappa shape index (κ1) is 17.6. The van der Waals surface area contributed by atoms with E-state index >= 15 is 0 Å². The van der Waals surface area contributed by atoms with Crippen molar-refractivity contribution in [1.82, 2.24) is 10.2 Å². The maximum Gasteiger partial charge on any atom is 0.224 e. The number of fused-ring (bicyclic) bond motifs is 1. The van der Waals surface area contributed by atoms with E-state index in [1.165, 1.54) is 11.1 Å². The standard InChI is InChI=1S/C21H26N2O2/c1-16-5-4-6-17(11-16)12-21(25)22-13-20(24)15-23-10-9-18-7-2-3-8-19(18)14-23/h2-8,11,20,24H,9-10,12-15H2,1H3,(H,22,25). The summed E-state index contributed by atoms with van der Waals surface area (Å²) in [4.78, 5) is 14.3. The lowest BCUT2D eigenvalue weighted by molar-refractivity contribution is -0.121. The normalized spacial score (nSPS) is 15.4. The molecule has 1 unspecified atom stereocenters. The van der Waals surface area contributed by atoms with Crippen molar-refractivity contribution in [1.29, 1.82) is 0 Å². The van der Waals surface area contributed by atoms with Gasteiger partial charge in [0, 0.05) is 26.2 Å². The van der Waals surface area contributed by atoms with E-state index in [1.54, 1.807) is 0 Å².